The summed E-state index contributed by atoms with van der Waals surface area (Å²) >= 11 is 1.45. The first kappa shape index (κ1) is 14.5. The minimum atomic E-state index is -0.403. The molecule has 2 rings (SSSR count). The van der Waals surface area contributed by atoms with Gasteiger partial charge in [0.15, 0.2) is 5.16 Å². The van der Waals surface area contributed by atoms with Crippen LogP contribution in [0.4, 0.5) is 4.39 Å². The Balaban J connectivity index is 2.13. The largest absolute Gasteiger partial charge is 0.329 e. The first-order chi connectivity index (χ1) is 9.63. The van der Waals surface area contributed by atoms with E-state index in [4.69, 9.17) is 11.0 Å². The Hall–Kier alpha value is -1.91. The Morgan fingerprint density at radius 2 is 2.20 bits per heavy atom. The third-order valence-electron chi connectivity index (χ3n) is 2.71. The number of halogens is 1. The predicted octanol–water partition coefficient (Wildman–Crippen LogP) is 1.85. The van der Waals surface area contributed by atoms with Crippen LogP contribution in [0.3, 0.4) is 0 Å². The minimum absolute atomic E-state index is 0.320. The Labute approximate surface area is 120 Å². The molecule has 1 aromatic heterocycles. The van der Waals surface area contributed by atoms with Crippen LogP contribution in [-0.4, -0.2) is 21.3 Å². The monoisotopic (exact) mass is 291 g/mol. The lowest BCUT2D eigenvalue weighted by Crippen LogP contribution is -2.12. The second-order valence-electron chi connectivity index (χ2n) is 4.22. The summed E-state index contributed by atoms with van der Waals surface area (Å²) in [7, 11) is 0. The zero-order chi connectivity index (χ0) is 14.5. The number of hydrogen-bond donors (Lipinski definition) is 1. The van der Waals surface area contributed by atoms with Crippen LogP contribution in [0.2, 0.25) is 0 Å². The van der Waals surface area contributed by atoms with E-state index < -0.39 is 5.82 Å². The van der Waals surface area contributed by atoms with Crippen LogP contribution >= 0.6 is 11.8 Å². The molecule has 0 atom stereocenters. The number of aryl methyl sites for hydroxylation is 1. The van der Waals surface area contributed by atoms with Gasteiger partial charge in [-0.25, -0.2) is 4.39 Å². The predicted molar refractivity (Wildman–Crippen MR) is 74.5 cm³/mol. The van der Waals surface area contributed by atoms with Crippen molar-refractivity contribution >= 4 is 11.8 Å². The molecule has 0 bridgehead atoms. The van der Waals surface area contributed by atoms with E-state index in [1.54, 1.807) is 6.07 Å². The Bertz CT molecular complexity index is 647. The lowest BCUT2D eigenvalue weighted by Gasteiger charge is -2.06. The quantitative estimate of drug-likeness (QED) is 0.850. The SMILES string of the molecule is Cc1nnc(SCc2cc(F)cc(C#N)c2)n1CCN. The highest BCUT2D eigenvalue weighted by Crippen LogP contribution is 2.22. The summed E-state index contributed by atoms with van der Waals surface area (Å²) in [6.07, 6.45) is 0. The summed E-state index contributed by atoms with van der Waals surface area (Å²) in [6.45, 7) is 3.02. The summed E-state index contributed by atoms with van der Waals surface area (Å²) in [4.78, 5) is 0. The summed E-state index contributed by atoms with van der Waals surface area (Å²) in [6, 6.07) is 6.25. The standard InChI is InChI=1S/C13H14FN5S/c1-9-17-18-13(19(9)3-2-15)20-8-11-4-10(7-16)5-12(14)6-11/h4-6H,2-3,8,15H2,1H3. The highest BCUT2D eigenvalue weighted by Gasteiger charge is 2.09. The molecule has 0 aliphatic rings. The van der Waals surface area contributed by atoms with Gasteiger partial charge in [0.25, 0.3) is 0 Å². The van der Waals surface area contributed by atoms with Crippen molar-refractivity contribution in [2.45, 2.75) is 24.4 Å². The van der Waals surface area contributed by atoms with Gasteiger partial charge in [-0.05, 0) is 30.7 Å². The smallest absolute Gasteiger partial charge is 0.191 e. The van der Waals surface area contributed by atoms with Crippen molar-refractivity contribution in [1.29, 1.82) is 5.26 Å². The molecule has 0 unspecified atom stereocenters. The van der Waals surface area contributed by atoms with Gasteiger partial charge in [0.05, 0.1) is 11.6 Å². The third kappa shape index (κ3) is 3.35. The molecule has 20 heavy (non-hydrogen) atoms. The molecule has 5 nitrogen and oxygen atoms in total. The second kappa shape index (κ2) is 6.50. The first-order valence-electron chi connectivity index (χ1n) is 6.06. The number of nitrogens with two attached hydrogens (primary N) is 1. The van der Waals surface area contributed by atoms with Crippen LogP contribution in [0.5, 0.6) is 0 Å². The lowest BCUT2D eigenvalue weighted by atomic mass is 10.1. The van der Waals surface area contributed by atoms with Crippen molar-refractivity contribution in [2.24, 2.45) is 5.73 Å². The molecule has 2 aromatic rings. The summed E-state index contributed by atoms with van der Waals surface area (Å²) in [5, 5.41) is 17.7. The Morgan fingerprint density at radius 1 is 1.40 bits per heavy atom. The highest BCUT2D eigenvalue weighted by molar-refractivity contribution is 7.98. The molecule has 1 aromatic carbocycles. The minimum Gasteiger partial charge on any atom is -0.329 e. The molecule has 7 heteroatoms. The van der Waals surface area contributed by atoms with Gasteiger partial charge in [0.1, 0.15) is 11.6 Å². The molecule has 0 aliphatic heterocycles. The Morgan fingerprint density at radius 3 is 2.90 bits per heavy atom. The van der Waals surface area contributed by atoms with Crippen molar-refractivity contribution in [3.05, 3.63) is 41.0 Å². The van der Waals surface area contributed by atoms with Crippen LogP contribution in [0.15, 0.2) is 23.4 Å². The summed E-state index contributed by atoms with van der Waals surface area (Å²) in [5.74, 6) is 0.920. The van der Waals surface area contributed by atoms with Gasteiger partial charge in [0.2, 0.25) is 0 Å². The van der Waals surface area contributed by atoms with Gasteiger partial charge in [-0.3, -0.25) is 0 Å². The van der Waals surface area contributed by atoms with E-state index in [0.29, 0.717) is 24.4 Å². The van der Waals surface area contributed by atoms with Crippen molar-refractivity contribution in [1.82, 2.24) is 14.8 Å². The number of thioether (sulfide) groups is 1. The van der Waals surface area contributed by atoms with E-state index in [-0.39, 0.29) is 0 Å². The average molecular weight is 291 g/mol. The van der Waals surface area contributed by atoms with E-state index in [2.05, 4.69) is 10.2 Å². The number of benzene rings is 1. The molecule has 0 aliphatic carbocycles. The zero-order valence-corrected chi connectivity index (χ0v) is 11.8. The fourth-order valence-electron chi connectivity index (χ4n) is 1.80. The fraction of sp³-hybridized carbons (Fsp3) is 0.308. The fourth-order valence-corrected chi connectivity index (χ4v) is 2.74. The number of nitrogens with zero attached hydrogens (tertiary/aromatic N) is 4. The van der Waals surface area contributed by atoms with E-state index >= 15 is 0 Å². The number of nitriles is 1. The molecular weight excluding hydrogens is 277 g/mol. The van der Waals surface area contributed by atoms with Crippen LogP contribution in [0.25, 0.3) is 0 Å². The van der Waals surface area contributed by atoms with Gasteiger partial charge >= 0.3 is 0 Å². The Kier molecular flexibility index (Phi) is 4.71. The number of aromatic nitrogens is 3. The molecule has 0 amide bonds. The van der Waals surface area contributed by atoms with E-state index in [1.807, 2.05) is 17.6 Å². The van der Waals surface area contributed by atoms with E-state index in [0.717, 1.165) is 16.5 Å². The third-order valence-corrected chi connectivity index (χ3v) is 3.75. The summed E-state index contributed by atoms with van der Waals surface area (Å²) < 4.78 is 15.3. The maximum Gasteiger partial charge on any atom is 0.191 e. The van der Waals surface area contributed by atoms with E-state index in [1.165, 1.54) is 23.9 Å². The van der Waals surface area contributed by atoms with Crippen LogP contribution in [0.1, 0.15) is 17.0 Å². The van der Waals surface area contributed by atoms with Crippen molar-refractivity contribution < 1.29 is 4.39 Å². The number of hydrogen-bond acceptors (Lipinski definition) is 5. The second-order valence-corrected chi connectivity index (χ2v) is 5.16. The molecular formula is C13H14FN5S. The molecule has 0 spiro atoms. The van der Waals surface area contributed by atoms with Crippen molar-refractivity contribution in [3.8, 4) is 6.07 Å². The van der Waals surface area contributed by atoms with Gasteiger partial charge in [-0.2, -0.15) is 5.26 Å². The van der Waals surface area contributed by atoms with Crippen LogP contribution in [0, 0.1) is 24.1 Å². The highest BCUT2D eigenvalue weighted by atomic mass is 32.2. The molecule has 0 radical (unpaired) electrons. The maximum atomic E-state index is 13.3. The number of rotatable bonds is 5. The molecule has 104 valence electrons. The molecule has 0 fully saturated rings. The average Bonchev–Trinajstić information content (AvgIpc) is 2.77. The zero-order valence-electron chi connectivity index (χ0n) is 11.0. The maximum absolute atomic E-state index is 13.3. The van der Waals surface area contributed by atoms with E-state index in [9.17, 15) is 4.39 Å². The molecule has 2 N–H and O–H groups in total. The molecule has 0 saturated heterocycles. The van der Waals surface area contributed by atoms with Gasteiger partial charge in [0, 0.05) is 18.8 Å². The lowest BCUT2D eigenvalue weighted by molar-refractivity contribution is 0.625. The van der Waals surface area contributed by atoms with Crippen LogP contribution in [-0.2, 0) is 12.3 Å². The molecule has 1 heterocycles. The van der Waals surface area contributed by atoms with Crippen LogP contribution < -0.4 is 5.73 Å². The van der Waals surface area contributed by atoms with Gasteiger partial charge in [-0.1, -0.05) is 11.8 Å². The van der Waals surface area contributed by atoms with Crippen molar-refractivity contribution in [3.63, 3.8) is 0 Å². The van der Waals surface area contributed by atoms with Gasteiger partial charge in [-0.15, -0.1) is 10.2 Å². The van der Waals surface area contributed by atoms with Crippen molar-refractivity contribution in [2.75, 3.05) is 6.54 Å². The topological polar surface area (TPSA) is 80.5 Å². The van der Waals surface area contributed by atoms with Gasteiger partial charge < -0.3 is 10.3 Å². The molecule has 0 saturated carbocycles. The first-order valence-corrected chi connectivity index (χ1v) is 7.05. The summed E-state index contributed by atoms with van der Waals surface area (Å²) in [5.41, 5.74) is 6.61. The normalized spacial score (nSPS) is 10.5.